The molecule has 0 heterocycles. The van der Waals surface area contributed by atoms with Gasteiger partial charge in [0.2, 0.25) is 0 Å². The Hall–Kier alpha value is -0.414. The SMILES string of the molecule is CCCCCCCc1ccc(Oc2ccc([O-])cc2)cc1S(=O)(=O)O.[K+]. The Morgan fingerprint density at radius 1 is 0.962 bits per heavy atom. The molecule has 0 spiro atoms. The average molecular weight is 403 g/mol. The van der Waals surface area contributed by atoms with Crippen molar-refractivity contribution in [3.63, 3.8) is 0 Å². The quantitative estimate of drug-likeness (QED) is 0.388. The minimum absolute atomic E-state index is 0. The third kappa shape index (κ3) is 7.68. The van der Waals surface area contributed by atoms with E-state index in [0.717, 1.165) is 25.7 Å². The first kappa shape index (κ1) is 23.6. The normalized spacial score (nSPS) is 11.0. The second-order valence-corrected chi connectivity index (χ2v) is 7.37. The Bertz CT molecular complexity index is 788. The Kier molecular flexibility index (Phi) is 10.4. The fraction of sp³-hybridized carbons (Fsp3) is 0.368. The largest absolute Gasteiger partial charge is 1.00 e. The van der Waals surface area contributed by atoms with Gasteiger partial charge in [0.1, 0.15) is 16.4 Å². The van der Waals surface area contributed by atoms with Crippen LogP contribution in [0.5, 0.6) is 17.2 Å². The molecule has 26 heavy (non-hydrogen) atoms. The number of hydrogen-bond donors (Lipinski definition) is 1. The second kappa shape index (κ2) is 11.4. The molecule has 2 aromatic carbocycles. The van der Waals surface area contributed by atoms with Crippen molar-refractivity contribution in [3.8, 4) is 17.2 Å². The van der Waals surface area contributed by atoms with E-state index in [1.165, 1.54) is 36.8 Å². The molecule has 0 atom stereocenters. The van der Waals surface area contributed by atoms with Crippen molar-refractivity contribution in [2.75, 3.05) is 0 Å². The van der Waals surface area contributed by atoms with Gasteiger partial charge in [-0.05, 0) is 36.6 Å². The Labute approximate surface area is 198 Å². The maximum absolute atomic E-state index is 11.7. The third-order valence-corrected chi connectivity index (χ3v) is 4.86. The van der Waals surface area contributed by atoms with E-state index >= 15 is 0 Å². The molecule has 1 N–H and O–H groups in total. The Morgan fingerprint density at radius 2 is 1.58 bits per heavy atom. The predicted molar refractivity (Wildman–Crippen MR) is 94.7 cm³/mol. The van der Waals surface area contributed by atoms with Gasteiger partial charge in [-0.15, -0.1) is 5.75 Å². The zero-order valence-electron chi connectivity index (χ0n) is 15.3. The van der Waals surface area contributed by atoms with Crippen molar-refractivity contribution in [3.05, 3.63) is 48.0 Å². The summed E-state index contributed by atoms with van der Waals surface area (Å²) in [6, 6.07) is 10.4. The topological polar surface area (TPSA) is 86.7 Å². The van der Waals surface area contributed by atoms with Crippen LogP contribution in [-0.4, -0.2) is 13.0 Å². The van der Waals surface area contributed by atoms with Gasteiger partial charge in [0.25, 0.3) is 10.1 Å². The van der Waals surface area contributed by atoms with E-state index in [4.69, 9.17) is 4.74 Å². The van der Waals surface area contributed by atoms with Crippen LogP contribution in [-0.2, 0) is 16.5 Å². The molecule has 2 rings (SSSR count). The minimum atomic E-state index is -4.33. The molecule has 0 saturated carbocycles. The molecule has 0 unspecified atom stereocenters. The molecule has 0 radical (unpaired) electrons. The first-order chi connectivity index (χ1) is 11.9. The van der Waals surface area contributed by atoms with Crippen molar-refractivity contribution in [1.82, 2.24) is 0 Å². The molecule has 0 aliphatic heterocycles. The summed E-state index contributed by atoms with van der Waals surface area (Å²) in [5.41, 5.74) is 0.584. The zero-order valence-corrected chi connectivity index (χ0v) is 19.2. The third-order valence-electron chi connectivity index (χ3n) is 3.93. The molecule has 5 nitrogen and oxygen atoms in total. The standard InChI is InChI=1S/C19H24O5S.K/c1-2-3-4-5-6-7-15-8-11-18(14-19(15)25(21,22)23)24-17-12-9-16(20)10-13-17;/h8-14,20H,2-7H2,1H3,(H,21,22,23);/q;+1/p-1. The molecule has 0 fully saturated rings. The number of ether oxygens (including phenoxy) is 1. The summed E-state index contributed by atoms with van der Waals surface area (Å²) in [6.07, 6.45) is 5.92. The van der Waals surface area contributed by atoms with E-state index in [1.54, 1.807) is 12.1 Å². The van der Waals surface area contributed by atoms with Crippen LogP contribution in [0.2, 0.25) is 0 Å². The van der Waals surface area contributed by atoms with Crippen LogP contribution in [0, 0.1) is 0 Å². The van der Waals surface area contributed by atoms with Crippen LogP contribution in [0.4, 0.5) is 0 Å². The van der Waals surface area contributed by atoms with Crippen molar-refractivity contribution in [2.45, 2.75) is 50.3 Å². The van der Waals surface area contributed by atoms with Gasteiger partial charge in [0.05, 0.1) is 0 Å². The average Bonchev–Trinajstić information content (AvgIpc) is 2.57. The fourth-order valence-electron chi connectivity index (χ4n) is 2.61. The van der Waals surface area contributed by atoms with Crippen molar-refractivity contribution in [2.24, 2.45) is 0 Å². The van der Waals surface area contributed by atoms with Crippen LogP contribution in [0.25, 0.3) is 0 Å². The van der Waals surface area contributed by atoms with E-state index in [-0.39, 0.29) is 62.0 Å². The van der Waals surface area contributed by atoms with Gasteiger partial charge in [0, 0.05) is 6.07 Å². The molecule has 2 aromatic rings. The van der Waals surface area contributed by atoms with Gasteiger partial charge in [0.15, 0.2) is 0 Å². The van der Waals surface area contributed by atoms with Crippen LogP contribution in [0.1, 0.15) is 44.6 Å². The molecule has 136 valence electrons. The van der Waals surface area contributed by atoms with E-state index in [0.29, 0.717) is 23.5 Å². The Balaban J connectivity index is 0.00000338. The fourth-order valence-corrected chi connectivity index (χ4v) is 3.37. The summed E-state index contributed by atoms with van der Waals surface area (Å²) in [4.78, 5) is -0.124. The zero-order chi connectivity index (χ0) is 18.3. The number of aryl methyl sites for hydroxylation is 1. The van der Waals surface area contributed by atoms with Crippen LogP contribution in [0.15, 0.2) is 47.4 Å². The van der Waals surface area contributed by atoms with E-state index in [1.807, 2.05) is 0 Å². The Morgan fingerprint density at radius 3 is 2.19 bits per heavy atom. The van der Waals surface area contributed by atoms with Gasteiger partial charge in [-0.2, -0.15) is 8.42 Å². The minimum Gasteiger partial charge on any atom is -0.872 e. The number of benzene rings is 2. The summed E-state index contributed by atoms with van der Waals surface area (Å²) in [5, 5.41) is 11.1. The van der Waals surface area contributed by atoms with Crippen LogP contribution >= 0.6 is 0 Å². The maximum Gasteiger partial charge on any atom is 1.00 e. The van der Waals surface area contributed by atoms with Crippen molar-refractivity contribution < 1.29 is 74.2 Å². The van der Waals surface area contributed by atoms with Gasteiger partial charge >= 0.3 is 51.4 Å². The molecular weight excluding hydrogens is 379 g/mol. The van der Waals surface area contributed by atoms with Gasteiger partial charge in [-0.1, -0.05) is 50.8 Å². The monoisotopic (exact) mass is 402 g/mol. The summed E-state index contributed by atoms with van der Waals surface area (Å²) in [5.74, 6) is 0.582. The molecule has 0 bridgehead atoms. The van der Waals surface area contributed by atoms with E-state index in [9.17, 15) is 18.1 Å². The summed E-state index contributed by atoms with van der Waals surface area (Å²) >= 11 is 0. The van der Waals surface area contributed by atoms with Crippen molar-refractivity contribution in [1.29, 1.82) is 0 Å². The maximum atomic E-state index is 11.7. The summed E-state index contributed by atoms with van der Waals surface area (Å²) < 4.78 is 38.5. The van der Waals surface area contributed by atoms with E-state index in [2.05, 4.69) is 6.92 Å². The van der Waals surface area contributed by atoms with Gasteiger partial charge < -0.3 is 9.84 Å². The molecule has 0 aliphatic carbocycles. The molecule has 0 amide bonds. The molecule has 0 saturated heterocycles. The van der Waals surface area contributed by atoms with Gasteiger partial charge in [-0.3, -0.25) is 4.55 Å². The van der Waals surface area contributed by atoms with Crippen molar-refractivity contribution >= 4 is 10.1 Å². The van der Waals surface area contributed by atoms with Crippen LogP contribution < -0.4 is 61.2 Å². The van der Waals surface area contributed by atoms with Crippen LogP contribution in [0.3, 0.4) is 0 Å². The number of unbranched alkanes of at least 4 members (excludes halogenated alkanes) is 4. The summed E-state index contributed by atoms with van der Waals surface area (Å²) in [7, 11) is -4.33. The molecular formula is C19H23KO5S. The first-order valence-electron chi connectivity index (χ1n) is 8.45. The first-order valence-corrected chi connectivity index (χ1v) is 9.89. The molecule has 0 aliphatic rings. The second-order valence-electron chi connectivity index (χ2n) is 5.98. The van der Waals surface area contributed by atoms with E-state index < -0.39 is 10.1 Å². The number of hydrogen-bond acceptors (Lipinski definition) is 4. The molecule has 0 aromatic heterocycles. The molecule has 7 heteroatoms. The predicted octanol–water partition coefficient (Wildman–Crippen LogP) is 1.32. The smallest absolute Gasteiger partial charge is 0.872 e. The number of rotatable bonds is 9. The van der Waals surface area contributed by atoms with Gasteiger partial charge in [-0.25, -0.2) is 0 Å². The summed E-state index contributed by atoms with van der Waals surface area (Å²) in [6.45, 7) is 2.14.